The normalized spacial score (nSPS) is 38.0. The summed E-state index contributed by atoms with van der Waals surface area (Å²) < 4.78 is 4.81. The fourth-order valence-corrected chi connectivity index (χ4v) is 0.312. The van der Waals surface area contributed by atoms with Crippen molar-refractivity contribution >= 4 is 5.78 Å². The van der Waals surface area contributed by atoms with E-state index in [1.54, 1.807) is 13.8 Å². The van der Waals surface area contributed by atoms with Crippen LogP contribution in [0.25, 0.3) is 0 Å². The number of rotatable bonds is 1. The van der Waals surface area contributed by atoms with Gasteiger partial charge in [0.1, 0.15) is 5.60 Å². The second kappa shape index (κ2) is 1.07. The molecular formula is C5H8O2. The molecule has 0 spiro atoms. The first kappa shape index (κ1) is 4.78. The van der Waals surface area contributed by atoms with Crippen LogP contribution >= 0.6 is 0 Å². The van der Waals surface area contributed by atoms with E-state index >= 15 is 0 Å². The molecule has 0 N–H and O–H groups in total. The van der Waals surface area contributed by atoms with Crippen LogP contribution in [0.5, 0.6) is 0 Å². The fourth-order valence-electron chi connectivity index (χ4n) is 0.312. The highest BCUT2D eigenvalue weighted by atomic mass is 16.6. The van der Waals surface area contributed by atoms with E-state index in [1.807, 2.05) is 0 Å². The molecular weight excluding hydrogens is 92.1 g/mol. The summed E-state index contributed by atoms with van der Waals surface area (Å²) in [7, 11) is 0. The van der Waals surface area contributed by atoms with Crippen molar-refractivity contribution in [2.24, 2.45) is 0 Å². The standard InChI is InChI=1S/C5H8O2/c1-4(6)5(2)3-7-5/h3H2,1-2H3/t5-/m1/s1. The number of ether oxygens (including phenoxy) is 1. The number of carbonyl (C=O) groups excluding carboxylic acids is 1. The van der Waals surface area contributed by atoms with Crippen molar-refractivity contribution in [2.45, 2.75) is 19.4 Å². The van der Waals surface area contributed by atoms with Gasteiger partial charge in [-0.3, -0.25) is 4.79 Å². The average Bonchev–Trinajstić information content (AvgIpc) is 2.21. The van der Waals surface area contributed by atoms with E-state index in [-0.39, 0.29) is 11.4 Å². The van der Waals surface area contributed by atoms with Crippen molar-refractivity contribution in [2.75, 3.05) is 6.61 Å². The van der Waals surface area contributed by atoms with Gasteiger partial charge in [-0.15, -0.1) is 0 Å². The Hall–Kier alpha value is -0.370. The summed E-state index contributed by atoms with van der Waals surface area (Å²) >= 11 is 0. The van der Waals surface area contributed by atoms with E-state index in [4.69, 9.17) is 4.74 Å². The van der Waals surface area contributed by atoms with Crippen molar-refractivity contribution in [3.8, 4) is 0 Å². The predicted molar refractivity (Wildman–Crippen MR) is 25.0 cm³/mol. The van der Waals surface area contributed by atoms with Gasteiger partial charge >= 0.3 is 0 Å². The summed E-state index contributed by atoms with van der Waals surface area (Å²) in [5, 5.41) is 0. The summed E-state index contributed by atoms with van der Waals surface area (Å²) in [4.78, 5) is 10.4. The Morgan fingerprint density at radius 3 is 2.29 bits per heavy atom. The van der Waals surface area contributed by atoms with Crippen molar-refractivity contribution in [1.82, 2.24) is 0 Å². The molecule has 0 aromatic heterocycles. The van der Waals surface area contributed by atoms with E-state index in [0.717, 1.165) is 0 Å². The lowest BCUT2D eigenvalue weighted by molar-refractivity contribution is -0.121. The molecule has 1 heterocycles. The molecule has 7 heavy (non-hydrogen) atoms. The molecule has 0 unspecified atom stereocenters. The van der Waals surface area contributed by atoms with Crippen LogP contribution in [0.4, 0.5) is 0 Å². The Kier molecular flexibility index (Phi) is 0.729. The van der Waals surface area contributed by atoms with Crippen LogP contribution in [-0.4, -0.2) is 18.0 Å². The second-order valence-corrected chi connectivity index (χ2v) is 2.08. The fraction of sp³-hybridized carbons (Fsp3) is 0.800. The third-order valence-corrected chi connectivity index (χ3v) is 1.32. The minimum absolute atomic E-state index is 0.132. The van der Waals surface area contributed by atoms with Gasteiger partial charge in [-0.2, -0.15) is 0 Å². The summed E-state index contributed by atoms with van der Waals surface area (Å²) in [5.41, 5.74) is -0.389. The topological polar surface area (TPSA) is 29.6 Å². The number of hydrogen-bond donors (Lipinski definition) is 0. The first-order valence-corrected chi connectivity index (χ1v) is 2.30. The number of ketones is 1. The number of carbonyl (C=O) groups is 1. The highest BCUT2D eigenvalue weighted by Gasteiger charge is 2.44. The highest BCUT2D eigenvalue weighted by molar-refractivity contribution is 5.86. The summed E-state index contributed by atoms with van der Waals surface area (Å²) in [6.45, 7) is 3.96. The first-order chi connectivity index (χ1) is 3.15. The Morgan fingerprint density at radius 1 is 1.86 bits per heavy atom. The highest BCUT2D eigenvalue weighted by Crippen LogP contribution is 2.25. The molecule has 1 saturated heterocycles. The third-order valence-electron chi connectivity index (χ3n) is 1.32. The van der Waals surface area contributed by atoms with Crippen molar-refractivity contribution in [1.29, 1.82) is 0 Å². The maximum atomic E-state index is 10.4. The number of hydrogen-bond acceptors (Lipinski definition) is 2. The average molecular weight is 100 g/mol. The molecule has 0 bridgehead atoms. The van der Waals surface area contributed by atoms with Gasteiger partial charge in [-0.05, 0) is 13.8 Å². The summed E-state index contributed by atoms with van der Waals surface area (Å²) in [6.07, 6.45) is 0. The molecule has 0 aromatic carbocycles. The quantitative estimate of drug-likeness (QED) is 0.445. The molecule has 40 valence electrons. The van der Waals surface area contributed by atoms with E-state index in [1.165, 1.54) is 0 Å². The Bertz CT molecular complexity index is 103. The Labute approximate surface area is 42.5 Å². The molecule has 2 nitrogen and oxygen atoms in total. The molecule has 1 atom stereocenters. The van der Waals surface area contributed by atoms with Crippen LogP contribution in [-0.2, 0) is 9.53 Å². The number of Topliss-reactive ketones (excluding diaryl/α,β-unsaturated/α-hetero) is 1. The SMILES string of the molecule is CC(=O)[C@@]1(C)CO1. The van der Waals surface area contributed by atoms with Gasteiger partial charge in [0.15, 0.2) is 5.78 Å². The molecule has 1 fully saturated rings. The van der Waals surface area contributed by atoms with E-state index in [0.29, 0.717) is 6.61 Å². The zero-order chi connectivity index (χ0) is 5.49. The van der Waals surface area contributed by atoms with Crippen molar-refractivity contribution in [3.05, 3.63) is 0 Å². The lowest BCUT2D eigenvalue weighted by Crippen LogP contribution is -2.15. The largest absolute Gasteiger partial charge is 0.362 e. The van der Waals surface area contributed by atoms with Gasteiger partial charge in [0.2, 0.25) is 0 Å². The minimum Gasteiger partial charge on any atom is -0.362 e. The minimum atomic E-state index is -0.389. The van der Waals surface area contributed by atoms with Crippen LogP contribution in [0.2, 0.25) is 0 Å². The predicted octanol–water partition coefficient (Wildman–Crippen LogP) is 0.364. The molecule has 1 aliphatic heterocycles. The zero-order valence-corrected chi connectivity index (χ0v) is 4.52. The monoisotopic (exact) mass is 100 g/mol. The Balaban J connectivity index is 2.55. The second-order valence-electron chi connectivity index (χ2n) is 2.08. The van der Waals surface area contributed by atoms with Crippen LogP contribution in [0.3, 0.4) is 0 Å². The lowest BCUT2D eigenvalue weighted by atomic mass is 10.1. The van der Waals surface area contributed by atoms with E-state index < -0.39 is 0 Å². The van der Waals surface area contributed by atoms with Gasteiger partial charge in [-0.25, -0.2) is 0 Å². The van der Waals surface area contributed by atoms with Crippen LogP contribution < -0.4 is 0 Å². The summed E-state index contributed by atoms with van der Waals surface area (Å²) in [6, 6.07) is 0. The van der Waals surface area contributed by atoms with E-state index in [9.17, 15) is 4.79 Å². The van der Waals surface area contributed by atoms with Gasteiger partial charge in [0.25, 0.3) is 0 Å². The van der Waals surface area contributed by atoms with Gasteiger partial charge in [-0.1, -0.05) is 0 Å². The molecule has 0 saturated carbocycles. The molecule has 1 aliphatic rings. The molecule has 0 aliphatic carbocycles. The maximum absolute atomic E-state index is 10.4. The molecule has 0 aromatic rings. The number of epoxide rings is 1. The summed E-state index contributed by atoms with van der Waals surface area (Å²) in [5.74, 6) is 0.132. The van der Waals surface area contributed by atoms with Gasteiger partial charge in [0.05, 0.1) is 6.61 Å². The molecule has 0 amide bonds. The van der Waals surface area contributed by atoms with Gasteiger partial charge < -0.3 is 4.74 Å². The van der Waals surface area contributed by atoms with Crippen LogP contribution in [0, 0.1) is 0 Å². The smallest absolute Gasteiger partial charge is 0.163 e. The van der Waals surface area contributed by atoms with Crippen molar-refractivity contribution in [3.63, 3.8) is 0 Å². The van der Waals surface area contributed by atoms with Crippen LogP contribution in [0.1, 0.15) is 13.8 Å². The van der Waals surface area contributed by atoms with Crippen LogP contribution in [0.15, 0.2) is 0 Å². The van der Waals surface area contributed by atoms with E-state index in [2.05, 4.69) is 0 Å². The maximum Gasteiger partial charge on any atom is 0.163 e. The zero-order valence-electron chi connectivity index (χ0n) is 4.52. The first-order valence-electron chi connectivity index (χ1n) is 2.30. The van der Waals surface area contributed by atoms with Crippen molar-refractivity contribution < 1.29 is 9.53 Å². The van der Waals surface area contributed by atoms with Gasteiger partial charge in [0, 0.05) is 0 Å². The Morgan fingerprint density at radius 2 is 2.29 bits per heavy atom. The lowest BCUT2D eigenvalue weighted by Gasteiger charge is -1.92. The molecule has 1 rings (SSSR count). The third kappa shape index (κ3) is 0.657. The molecule has 0 radical (unpaired) electrons. The molecule has 2 heteroatoms.